The molecule has 2 aliphatic heterocycles. The van der Waals surface area contributed by atoms with Crippen LogP contribution in [0, 0.1) is 0 Å². The second-order valence-corrected chi connectivity index (χ2v) is 9.13. The number of aliphatic imine (C=N–C) groups is 1. The van der Waals surface area contributed by atoms with Crippen LogP contribution in [0.3, 0.4) is 0 Å². The number of rotatable bonds is 6. The molecule has 0 aliphatic carbocycles. The molecule has 0 aromatic heterocycles. The Bertz CT molecular complexity index is 997. The van der Waals surface area contributed by atoms with Crippen molar-refractivity contribution in [3.8, 4) is 0 Å². The molecule has 2 aliphatic rings. The molecule has 2 heterocycles. The van der Waals surface area contributed by atoms with Gasteiger partial charge in [-0.15, -0.1) is 0 Å². The second kappa shape index (κ2) is 8.90. The molecule has 1 saturated heterocycles. The van der Waals surface area contributed by atoms with Crippen LogP contribution in [0.4, 0.5) is 5.69 Å². The molecule has 0 bridgehead atoms. The van der Waals surface area contributed by atoms with Crippen LogP contribution in [0.25, 0.3) is 0 Å². The average Bonchev–Trinajstić information content (AvgIpc) is 2.94. The molecule has 2 aromatic carbocycles. The molecule has 0 N–H and O–H groups in total. The number of morpholine rings is 1. The Morgan fingerprint density at radius 1 is 0.966 bits per heavy atom. The number of hydrogen-bond donors (Lipinski definition) is 0. The van der Waals surface area contributed by atoms with E-state index >= 15 is 0 Å². The molecule has 29 heavy (non-hydrogen) atoms. The summed E-state index contributed by atoms with van der Waals surface area (Å²) in [4.78, 5) is 6.71. The first-order valence-corrected chi connectivity index (χ1v) is 11.4. The third-order valence-electron chi connectivity index (χ3n) is 5.11. The summed E-state index contributed by atoms with van der Waals surface area (Å²) in [6.45, 7) is 3.34. The minimum absolute atomic E-state index is 0.0520. The number of sulfonamides is 1. The van der Waals surface area contributed by atoms with Crippen molar-refractivity contribution in [3.63, 3.8) is 0 Å². The van der Waals surface area contributed by atoms with Gasteiger partial charge in [0.25, 0.3) is 0 Å². The number of fused-ring (bicyclic) bond motifs is 1. The highest BCUT2D eigenvalue weighted by Crippen LogP contribution is 2.27. The molecule has 0 spiro atoms. The van der Waals surface area contributed by atoms with Crippen molar-refractivity contribution in [2.24, 2.45) is 4.99 Å². The van der Waals surface area contributed by atoms with Crippen molar-refractivity contribution in [2.75, 3.05) is 42.9 Å². The van der Waals surface area contributed by atoms with E-state index in [-0.39, 0.29) is 5.75 Å². The summed E-state index contributed by atoms with van der Waals surface area (Å²) < 4.78 is 33.4. The Kier molecular flexibility index (Phi) is 6.08. The summed E-state index contributed by atoms with van der Waals surface area (Å²) in [5.74, 6) is 0.0520. The van der Waals surface area contributed by atoms with E-state index in [1.165, 1.54) is 4.31 Å². The minimum Gasteiger partial charge on any atom is -0.379 e. The standard InChI is InChI=1S/C22H25N3O3S/c26-29(27,15-12-24-10-13-28-14-11-24)25-18-21(16-19-6-2-1-3-7-19)23-17-20-8-4-5-9-22(20)25/h1-9,17-18H,10-16H2. The number of para-hydroxylation sites is 1. The second-order valence-electron chi connectivity index (χ2n) is 7.17. The highest BCUT2D eigenvalue weighted by molar-refractivity contribution is 7.92. The predicted molar refractivity (Wildman–Crippen MR) is 116 cm³/mol. The van der Waals surface area contributed by atoms with Crippen LogP contribution >= 0.6 is 0 Å². The lowest BCUT2D eigenvalue weighted by atomic mass is 10.1. The molecular formula is C22H25N3O3S. The quantitative estimate of drug-likeness (QED) is 0.733. The number of hydrogen-bond acceptors (Lipinski definition) is 5. The molecule has 0 amide bonds. The van der Waals surface area contributed by atoms with Crippen LogP contribution in [0.5, 0.6) is 0 Å². The van der Waals surface area contributed by atoms with Gasteiger partial charge in [0.2, 0.25) is 10.0 Å². The first kappa shape index (κ1) is 19.8. The molecule has 152 valence electrons. The van der Waals surface area contributed by atoms with Gasteiger partial charge in [-0.2, -0.15) is 0 Å². The van der Waals surface area contributed by atoms with Crippen molar-refractivity contribution in [1.82, 2.24) is 4.90 Å². The van der Waals surface area contributed by atoms with E-state index in [1.807, 2.05) is 54.6 Å². The highest BCUT2D eigenvalue weighted by atomic mass is 32.2. The molecule has 7 heteroatoms. The predicted octanol–water partition coefficient (Wildman–Crippen LogP) is 2.67. The fraction of sp³-hybridized carbons (Fsp3) is 0.318. The van der Waals surface area contributed by atoms with E-state index in [4.69, 9.17) is 4.74 Å². The van der Waals surface area contributed by atoms with Crippen LogP contribution in [-0.2, 0) is 21.2 Å². The van der Waals surface area contributed by atoms with Gasteiger partial charge in [0.1, 0.15) is 0 Å². The maximum Gasteiger partial charge on any atom is 0.240 e. The number of nitrogens with zero attached hydrogens (tertiary/aromatic N) is 3. The molecule has 6 nitrogen and oxygen atoms in total. The Morgan fingerprint density at radius 3 is 2.48 bits per heavy atom. The summed E-state index contributed by atoms with van der Waals surface area (Å²) in [6, 6.07) is 17.4. The van der Waals surface area contributed by atoms with Crippen LogP contribution in [0.15, 0.2) is 71.5 Å². The van der Waals surface area contributed by atoms with E-state index < -0.39 is 10.0 Å². The molecule has 0 saturated carbocycles. The number of benzene rings is 2. The molecule has 4 rings (SSSR count). The number of allylic oxidation sites excluding steroid dienone is 1. The van der Waals surface area contributed by atoms with Crippen LogP contribution in [0.2, 0.25) is 0 Å². The van der Waals surface area contributed by atoms with Gasteiger partial charge in [-0.1, -0.05) is 48.5 Å². The van der Waals surface area contributed by atoms with Crippen molar-refractivity contribution in [3.05, 3.63) is 77.6 Å². The van der Waals surface area contributed by atoms with E-state index in [0.29, 0.717) is 37.6 Å². The minimum atomic E-state index is -3.55. The maximum absolute atomic E-state index is 13.3. The summed E-state index contributed by atoms with van der Waals surface area (Å²) in [7, 11) is -3.55. The van der Waals surface area contributed by atoms with E-state index in [9.17, 15) is 8.42 Å². The Morgan fingerprint density at radius 2 is 1.69 bits per heavy atom. The zero-order valence-electron chi connectivity index (χ0n) is 16.3. The number of anilines is 1. The van der Waals surface area contributed by atoms with Crippen LogP contribution < -0.4 is 4.31 Å². The smallest absolute Gasteiger partial charge is 0.240 e. The summed E-state index contributed by atoms with van der Waals surface area (Å²) in [5, 5.41) is 0. The molecule has 1 fully saturated rings. The molecule has 2 aromatic rings. The van der Waals surface area contributed by atoms with Crippen LogP contribution in [-0.4, -0.2) is 58.1 Å². The van der Waals surface area contributed by atoms with Gasteiger partial charge in [0.15, 0.2) is 0 Å². The Hall–Kier alpha value is -2.48. The molecule has 0 atom stereocenters. The normalized spacial score (nSPS) is 17.5. The lowest BCUT2D eigenvalue weighted by molar-refractivity contribution is 0.0408. The highest BCUT2D eigenvalue weighted by Gasteiger charge is 2.26. The topological polar surface area (TPSA) is 62.2 Å². The average molecular weight is 412 g/mol. The first-order valence-electron chi connectivity index (χ1n) is 9.82. The zero-order valence-corrected chi connectivity index (χ0v) is 17.1. The van der Waals surface area contributed by atoms with Gasteiger partial charge in [0, 0.05) is 44.0 Å². The van der Waals surface area contributed by atoms with Gasteiger partial charge >= 0.3 is 0 Å². The van der Waals surface area contributed by atoms with Crippen LogP contribution in [0.1, 0.15) is 11.1 Å². The third kappa shape index (κ3) is 4.93. The van der Waals surface area contributed by atoms with Gasteiger partial charge in [-0.25, -0.2) is 12.7 Å². The molecular weight excluding hydrogens is 386 g/mol. The van der Waals surface area contributed by atoms with Gasteiger partial charge in [-0.05, 0) is 11.6 Å². The van der Waals surface area contributed by atoms with E-state index in [1.54, 1.807) is 12.4 Å². The third-order valence-corrected chi connectivity index (χ3v) is 6.71. The Labute approximate surface area is 172 Å². The zero-order chi connectivity index (χ0) is 20.1. The number of ether oxygens (including phenoxy) is 1. The van der Waals surface area contributed by atoms with Gasteiger partial charge in [0.05, 0.1) is 30.4 Å². The van der Waals surface area contributed by atoms with Crippen molar-refractivity contribution in [1.29, 1.82) is 0 Å². The summed E-state index contributed by atoms with van der Waals surface area (Å²) in [6.07, 6.45) is 3.99. The van der Waals surface area contributed by atoms with Crippen molar-refractivity contribution >= 4 is 21.9 Å². The molecule has 0 unspecified atom stereocenters. The van der Waals surface area contributed by atoms with E-state index in [0.717, 1.165) is 24.2 Å². The fourth-order valence-corrected chi connectivity index (χ4v) is 4.92. The van der Waals surface area contributed by atoms with E-state index in [2.05, 4.69) is 9.89 Å². The van der Waals surface area contributed by atoms with Gasteiger partial charge < -0.3 is 4.74 Å². The monoisotopic (exact) mass is 411 g/mol. The maximum atomic E-state index is 13.3. The lowest BCUT2D eigenvalue weighted by Gasteiger charge is -2.28. The summed E-state index contributed by atoms with van der Waals surface area (Å²) >= 11 is 0. The largest absolute Gasteiger partial charge is 0.379 e. The summed E-state index contributed by atoms with van der Waals surface area (Å²) in [5.41, 5.74) is 3.23. The lowest BCUT2D eigenvalue weighted by Crippen LogP contribution is -2.41. The van der Waals surface area contributed by atoms with Crippen molar-refractivity contribution < 1.29 is 13.2 Å². The molecule has 0 radical (unpaired) electrons. The Balaban J connectivity index is 1.61. The van der Waals surface area contributed by atoms with Crippen molar-refractivity contribution in [2.45, 2.75) is 6.42 Å². The fourth-order valence-electron chi connectivity index (χ4n) is 3.48. The SMILES string of the molecule is O=S(=O)(CCN1CCOCC1)N1C=C(Cc2ccccc2)N=Cc2ccccc21. The first-order chi connectivity index (χ1) is 14.1. The van der Waals surface area contributed by atoms with Gasteiger partial charge in [-0.3, -0.25) is 9.89 Å².